The smallest absolute Gasteiger partial charge is 0.333 e. The maximum absolute atomic E-state index is 11.1. The van der Waals surface area contributed by atoms with Gasteiger partial charge in [-0.3, -0.25) is 14.9 Å². The van der Waals surface area contributed by atoms with Crippen LogP contribution in [-0.2, 0) is 18.3 Å². The van der Waals surface area contributed by atoms with Gasteiger partial charge in [0.25, 0.3) is 0 Å². The minimum Gasteiger partial charge on any atom is -0.364 e. The maximum atomic E-state index is 11.1. The zero-order valence-electron chi connectivity index (χ0n) is 11.4. The fourth-order valence-corrected chi connectivity index (χ4v) is 1.78. The van der Waals surface area contributed by atoms with Gasteiger partial charge in [-0.25, -0.2) is 4.68 Å². The van der Waals surface area contributed by atoms with Crippen LogP contribution < -0.4 is 10.6 Å². The van der Waals surface area contributed by atoms with E-state index in [-0.39, 0.29) is 18.0 Å². The molecule has 0 bridgehead atoms. The van der Waals surface area contributed by atoms with Gasteiger partial charge in [-0.15, -0.1) is 0 Å². The van der Waals surface area contributed by atoms with Crippen LogP contribution in [0.5, 0.6) is 0 Å². The molecule has 8 heteroatoms. The number of hydrogen-bond acceptors (Lipinski definition) is 5. The van der Waals surface area contributed by atoms with Gasteiger partial charge < -0.3 is 10.6 Å². The van der Waals surface area contributed by atoms with E-state index in [0.29, 0.717) is 24.5 Å². The van der Waals surface area contributed by atoms with Crippen molar-refractivity contribution >= 4 is 17.4 Å². The molecular formula is C11H19N5O3. The average molecular weight is 269 g/mol. The van der Waals surface area contributed by atoms with E-state index in [4.69, 9.17) is 0 Å². The van der Waals surface area contributed by atoms with Gasteiger partial charge in [0.2, 0.25) is 11.7 Å². The van der Waals surface area contributed by atoms with Crippen molar-refractivity contribution in [3.63, 3.8) is 0 Å². The monoisotopic (exact) mass is 269 g/mol. The summed E-state index contributed by atoms with van der Waals surface area (Å²) in [4.78, 5) is 21.8. The van der Waals surface area contributed by atoms with E-state index in [9.17, 15) is 14.9 Å². The van der Waals surface area contributed by atoms with Crippen LogP contribution in [-0.4, -0.2) is 34.2 Å². The number of carbonyl (C=O) groups is 1. The molecule has 0 saturated carbocycles. The number of aromatic nitrogens is 2. The summed E-state index contributed by atoms with van der Waals surface area (Å²) in [5.74, 6) is 0.225. The largest absolute Gasteiger partial charge is 0.364 e. The molecule has 1 amide bonds. The second-order valence-electron chi connectivity index (χ2n) is 4.12. The van der Waals surface area contributed by atoms with E-state index in [1.165, 1.54) is 4.68 Å². The van der Waals surface area contributed by atoms with Crippen LogP contribution in [0.15, 0.2) is 0 Å². The van der Waals surface area contributed by atoms with Crippen LogP contribution in [0, 0.1) is 10.1 Å². The van der Waals surface area contributed by atoms with Gasteiger partial charge in [-0.1, -0.05) is 13.3 Å². The molecule has 0 saturated heterocycles. The molecule has 0 atom stereocenters. The van der Waals surface area contributed by atoms with Gasteiger partial charge in [-0.05, 0) is 6.42 Å². The first-order valence-electron chi connectivity index (χ1n) is 6.16. The normalized spacial score (nSPS) is 10.3. The third kappa shape index (κ3) is 3.67. The van der Waals surface area contributed by atoms with Gasteiger partial charge in [0.15, 0.2) is 0 Å². The van der Waals surface area contributed by atoms with Crippen molar-refractivity contribution in [1.29, 1.82) is 0 Å². The molecule has 2 N–H and O–H groups in total. The molecule has 0 fully saturated rings. The topological polar surface area (TPSA) is 102 Å². The average Bonchev–Trinajstić information content (AvgIpc) is 2.66. The SMILES string of the molecule is CCCc1nn(C)c(NCCC(=O)NC)c1[N+](=O)[O-]. The molecule has 0 aromatic carbocycles. The second kappa shape index (κ2) is 6.72. The minimum absolute atomic E-state index is 0.00116. The highest BCUT2D eigenvalue weighted by Gasteiger charge is 2.25. The molecule has 8 nitrogen and oxygen atoms in total. The number of anilines is 1. The van der Waals surface area contributed by atoms with Crippen LogP contribution >= 0.6 is 0 Å². The van der Waals surface area contributed by atoms with Crippen molar-refractivity contribution in [2.24, 2.45) is 7.05 Å². The Balaban J connectivity index is 2.86. The molecule has 106 valence electrons. The van der Waals surface area contributed by atoms with Crippen LogP contribution in [0.4, 0.5) is 11.5 Å². The lowest BCUT2D eigenvalue weighted by atomic mass is 10.2. The quantitative estimate of drug-likeness (QED) is 0.564. The van der Waals surface area contributed by atoms with E-state index in [1.54, 1.807) is 14.1 Å². The summed E-state index contributed by atoms with van der Waals surface area (Å²) in [5.41, 5.74) is 0.471. The highest BCUT2D eigenvalue weighted by Crippen LogP contribution is 2.28. The number of nitrogens with zero attached hydrogens (tertiary/aromatic N) is 3. The van der Waals surface area contributed by atoms with Crippen LogP contribution in [0.3, 0.4) is 0 Å². The highest BCUT2D eigenvalue weighted by atomic mass is 16.6. The lowest BCUT2D eigenvalue weighted by Gasteiger charge is -2.05. The Hall–Kier alpha value is -2.12. The second-order valence-corrected chi connectivity index (χ2v) is 4.12. The third-order valence-corrected chi connectivity index (χ3v) is 2.68. The van der Waals surface area contributed by atoms with Crippen molar-refractivity contribution in [1.82, 2.24) is 15.1 Å². The Morgan fingerprint density at radius 1 is 1.53 bits per heavy atom. The van der Waals surface area contributed by atoms with Gasteiger partial charge in [0.1, 0.15) is 5.69 Å². The van der Waals surface area contributed by atoms with E-state index in [0.717, 1.165) is 6.42 Å². The summed E-state index contributed by atoms with van der Waals surface area (Å²) in [5, 5.41) is 20.7. The summed E-state index contributed by atoms with van der Waals surface area (Å²) in [6.07, 6.45) is 1.60. The summed E-state index contributed by atoms with van der Waals surface area (Å²) in [7, 11) is 3.20. The molecule has 1 rings (SSSR count). The van der Waals surface area contributed by atoms with Crippen LogP contribution in [0.2, 0.25) is 0 Å². The molecule has 0 aliphatic heterocycles. The molecule has 0 unspecified atom stereocenters. The summed E-state index contributed by atoms with van der Waals surface area (Å²) in [6, 6.07) is 0. The highest BCUT2D eigenvalue weighted by molar-refractivity contribution is 5.76. The summed E-state index contributed by atoms with van der Waals surface area (Å²) >= 11 is 0. The Bertz CT molecular complexity index is 469. The number of nitro groups is 1. The van der Waals surface area contributed by atoms with E-state index < -0.39 is 4.92 Å². The molecule has 0 spiro atoms. The van der Waals surface area contributed by atoms with Crippen molar-refractivity contribution < 1.29 is 9.72 Å². The first-order chi connectivity index (χ1) is 9.01. The minimum atomic E-state index is -0.430. The van der Waals surface area contributed by atoms with E-state index in [2.05, 4.69) is 15.7 Å². The molecule has 1 aromatic heterocycles. The lowest BCUT2D eigenvalue weighted by molar-refractivity contribution is -0.384. The molecule has 1 aromatic rings. The molecule has 19 heavy (non-hydrogen) atoms. The van der Waals surface area contributed by atoms with Crippen molar-refractivity contribution in [2.45, 2.75) is 26.2 Å². The summed E-state index contributed by atoms with van der Waals surface area (Å²) < 4.78 is 1.45. The molecule has 0 radical (unpaired) electrons. The Kier molecular flexibility index (Phi) is 5.28. The van der Waals surface area contributed by atoms with Crippen LogP contribution in [0.25, 0.3) is 0 Å². The molecule has 0 aliphatic carbocycles. The zero-order valence-corrected chi connectivity index (χ0v) is 11.4. The van der Waals surface area contributed by atoms with Gasteiger partial charge in [0, 0.05) is 27.1 Å². The van der Waals surface area contributed by atoms with Crippen molar-refractivity contribution in [3.05, 3.63) is 15.8 Å². The van der Waals surface area contributed by atoms with E-state index in [1.807, 2.05) is 6.92 Å². The molecule has 0 aliphatic rings. The molecule has 1 heterocycles. The van der Waals surface area contributed by atoms with E-state index >= 15 is 0 Å². The predicted octanol–water partition coefficient (Wildman–Crippen LogP) is 0.829. The fraction of sp³-hybridized carbons (Fsp3) is 0.636. The van der Waals surface area contributed by atoms with Gasteiger partial charge in [-0.2, -0.15) is 5.10 Å². The maximum Gasteiger partial charge on any atom is 0.333 e. The van der Waals surface area contributed by atoms with Crippen LogP contribution in [0.1, 0.15) is 25.5 Å². The number of nitrogens with one attached hydrogen (secondary N) is 2. The lowest BCUT2D eigenvalue weighted by Crippen LogP contribution is -2.21. The number of carbonyl (C=O) groups excluding carboxylic acids is 1. The number of amides is 1. The first-order valence-corrected chi connectivity index (χ1v) is 6.16. The van der Waals surface area contributed by atoms with Gasteiger partial charge in [0.05, 0.1) is 4.92 Å². The fourth-order valence-electron chi connectivity index (χ4n) is 1.78. The van der Waals surface area contributed by atoms with Gasteiger partial charge >= 0.3 is 5.69 Å². The Morgan fingerprint density at radius 2 is 2.21 bits per heavy atom. The number of hydrogen-bond donors (Lipinski definition) is 2. The van der Waals surface area contributed by atoms with Crippen molar-refractivity contribution in [2.75, 3.05) is 18.9 Å². The Morgan fingerprint density at radius 3 is 2.74 bits per heavy atom. The predicted molar refractivity (Wildman–Crippen MR) is 71.0 cm³/mol. The summed E-state index contributed by atoms with van der Waals surface area (Å²) in [6.45, 7) is 2.27. The van der Waals surface area contributed by atoms with Crippen molar-refractivity contribution in [3.8, 4) is 0 Å². The zero-order chi connectivity index (χ0) is 14.4. The standard InChI is InChI=1S/C11H19N5O3/c1-4-5-8-10(16(18)19)11(15(3)14-8)13-7-6-9(17)12-2/h13H,4-7H2,1-3H3,(H,12,17). The molecular weight excluding hydrogens is 250 g/mol. The first kappa shape index (κ1) is 14.9. The number of rotatable bonds is 7. The third-order valence-electron chi connectivity index (χ3n) is 2.68. The number of aryl methyl sites for hydroxylation is 2. The Labute approximate surface area is 111 Å².